The van der Waals surface area contributed by atoms with Crippen molar-refractivity contribution in [2.45, 2.75) is 45.4 Å². The first-order valence-electron chi connectivity index (χ1n) is 7.56. The molecule has 5 nitrogen and oxygen atoms in total. The molecule has 0 unspecified atom stereocenters. The van der Waals surface area contributed by atoms with Gasteiger partial charge in [0, 0.05) is 17.7 Å². The minimum Gasteiger partial charge on any atom is -0.478 e. The summed E-state index contributed by atoms with van der Waals surface area (Å²) in [6.07, 6.45) is 4.29. The smallest absolute Gasteiger partial charge is 0.335 e. The van der Waals surface area contributed by atoms with Gasteiger partial charge in [-0.3, -0.25) is 0 Å². The summed E-state index contributed by atoms with van der Waals surface area (Å²) in [5, 5.41) is 22.1. The van der Waals surface area contributed by atoms with Crippen LogP contribution in [0.15, 0.2) is 12.1 Å². The van der Waals surface area contributed by atoms with Crippen molar-refractivity contribution in [1.82, 2.24) is 4.98 Å². The Bertz CT molecular complexity index is 508. The van der Waals surface area contributed by atoms with Gasteiger partial charge in [-0.15, -0.1) is 0 Å². The van der Waals surface area contributed by atoms with Gasteiger partial charge >= 0.3 is 5.97 Å². The number of hydrogen-bond acceptors (Lipinski definition) is 4. The average molecular weight is 292 g/mol. The molecule has 0 bridgehead atoms. The van der Waals surface area contributed by atoms with Crippen molar-refractivity contribution in [3.8, 4) is 0 Å². The van der Waals surface area contributed by atoms with Gasteiger partial charge in [0.1, 0.15) is 5.82 Å². The normalized spacial score (nSPS) is 17.1. The molecule has 1 aromatic rings. The van der Waals surface area contributed by atoms with E-state index < -0.39 is 5.97 Å². The molecule has 116 valence electrons. The molecule has 1 fully saturated rings. The molecule has 2 rings (SSSR count). The van der Waals surface area contributed by atoms with Crippen LogP contribution in [0, 0.1) is 5.41 Å². The van der Waals surface area contributed by atoms with E-state index in [1.54, 1.807) is 12.1 Å². The highest BCUT2D eigenvalue weighted by molar-refractivity contribution is 5.88. The van der Waals surface area contributed by atoms with Gasteiger partial charge in [0.15, 0.2) is 0 Å². The zero-order valence-electron chi connectivity index (χ0n) is 12.7. The van der Waals surface area contributed by atoms with Gasteiger partial charge in [0.25, 0.3) is 0 Å². The summed E-state index contributed by atoms with van der Waals surface area (Å²) in [6.45, 7) is 4.78. The number of nitrogens with one attached hydrogen (secondary N) is 1. The van der Waals surface area contributed by atoms with Crippen molar-refractivity contribution in [3.63, 3.8) is 0 Å². The van der Waals surface area contributed by atoms with E-state index in [0.717, 1.165) is 31.4 Å². The third-order valence-electron chi connectivity index (χ3n) is 4.33. The molecule has 1 aliphatic carbocycles. The van der Waals surface area contributed by atoms with Crippen LogP contribution in [-0.4, -0.2) is 34.3 Å². The molecule has 1 aliphatic rings. The highest BCUT2D eigenvalue weighted by atomic mass is 16.4. The molecular weight excluding hydrogens is 268 g/mol. The topological polar surface area (TPSA) is 82.5 Å². The largest absolute Gasteiger partial charge is 0.478 e. The van der Waals surface area contributed by atoms with Gasteiger partial charge in [0.2, 0.25) is 0 Å². The predicted octanol–water partition coefficient (Wildman–Crippen LogP) is 2.87. The Morgan fingerprint density at radius 3 is 2.57 bits per heavy atom. The molecule has 0 spiro atoms. The zero-order chi connectivity index (χ0) is 15.5. The van der Waals surface area contributed by atoms with Crippen molar-refractivity contribution in [1.29, 1.82) is 0 Å². The van der Waals surface area contributed by atoms with Crippen molar-refractivity contribution in [2.75, 3.05) is 18.5 Å². The lowest BCUT2D eigenvalue weighted by atomic mass is 9.87. The average Bonchev–Trinajstić information content (AvgIpc) is 2.94. The Morgan fingerprint density at radius 1 is 1.38 bits per heavy atom. The van der Waals surface area contributed by atoms with Gasteiger partial charge in [-0.2, -0.15) is 0 Å². The summed E-state index contributed by atoms with van der Waals surface area (Å²) >= 11 is 0. The van der Waals surface area contributed by atoms with E-state index >= 15 is 0 Å². The van der Waals surface area contributed by atoms with Crippen LogP contribution in [0.4, 0.5) is 5.82 Å². The molecule has 1 aromatic heterocycles. The molecule has 1 saturated carbocycles. The molecule has 0 aliphatic heterocycles. The van der Waals surface area contributed by atoms with Crippen LogP contribution < -0.4 is 5.32 Å². The maximum atomic E-state index is 11.2. The molecule has 3 N–H and O–H groups in total. The number of carboxylic acid groups (broad SMARTS) is 1. The molecular formula is C16H24N2O3. The highest BCUT2D eigenvalue weighted by Crippen LogP contribution is 2.37. The number of carboxylic acids is 1. The Balaban J connectivity index is 2.17. The first-order chi connectivity index (χ1) is 9.96. The fraction of sp³-hybridized carbons (Fsp3) is 0.625. The summed E-state index contributed by atoms with van der Waals surface area (Å²) < 4.78 is 0. The summed E-state index contributed by atoms with van der Waals surface area (Å²) in [5.41, 5.74) is 0.932. The van der Waals surface area contributed by atoms with E-state index in [9.17, 15) is 15.0 Å². The standard InChI is InChI=1S/C16H24N2O3/c1-11(2)13-7-12(15(20)21)8-14(18-13)17-9-16(10-19)5-3-4-6-16/h7-8,11,19H,3-6,9-10H2,1-2H3,(H,17,18)(H,20,21). The Kier molecular flexibility index (Phi) is 4.83. The second-order valence-corrected chi connectivity index (χ2v) is 6.34. The molecule has 0 amide bonds. The lowest BCUT2D eigenvalue weighted by Crippen LogP contribution is -2.30. The van der Waals surface area contributed by atoms with Crippen molar-refractivity contribution < 1.29 is 15.0 Å². The lowest BCUT2D eigenvalue weighted by molar-refractivity contribution is 0.0696. The minimum absolute atomic E-state index is 0.0844. The van der Waals surface area contributed by atoms with E-state index in [2.05, 4.69) is 10.3 Å². The second kappa shape index (κ2) is 6.43. The maximum Gasteiger partial charge on any atom is 0.335 e. The molecule has 21 heavy (non-hydrogen) atoms. The first-order valence-corrected chi connectivity index (χ1v) is 7.56. The maximum absolute atomic E-state index is 11.2. The van der Waals surface area contributed by atoms with E-state index in [1.165, 1.54) is 0 Å². The lowest BCUT2D eigenvalue weighted by Gasteiger charge is -2.27. The third-order valence-corrected chi connectivity index (χ3v) is 4.33. The Hall–Kier alpha value is -1.62. The number of anilines is 1. The summed E-state index contributed by atoms with van der Waals surface area (Å²) in [5.74, 6) is -0.193. The van der Waals surface area contributed by atoms with Crippen LogP contribution in [0.2, 0.25) is 0 Å². The first kappa shape index (κ1) is 15.8. The zero-order valence-corrected chi connectivity index (χ0v) is 12.7. The van der Waals surface area contributed by atoms with Crippen LogP contribution in [0.3, 0.4) is 0 Å². The van der Waals surface area contributed by atoms with Crippen LogP contribution in [-0.2, 0) is 0 Å². The van der Waals surface area contributed by atoms with Gasteiger partial charge < -0.3 is 15.5 Å². The Morgan fingerprint density at radius 2 is 2.05 bits per heavy atom. The fourth-order valence-electron chi connectivity index (χ4n) is 2.86. The van der Waals surface area contributed by atoms with E-state index in [4.69, 9.17) is 0 Å². The van der Waals surface area contributed by atoms with E-state index in [1.807, 2.05) is 13.8 Å². The van der Waals surface area contributed by atoms with Gasteiger partial charge in [-0.25, -0.2) is 9.78 Å². The van der Waals surface area contributed by atoms with Crippen LogP contribution in [0.5, 0.6) is 0 Å². The van der Waals surface area contributed by atoms with E-state index in [0.29, 0.717) is 12.4 Å². The van der Waals surface area contributed by atoms with Gasteiger partial charge in [-0.05, 0) is 30.9 Å². The number of rotatable bonds is 6. The minimum atomic E-state index is -0.944. The van der Waals surface area contributed by atoms with E-state index in [-0.39, 0.29) is 23.5 Å². The molecule has 1 heterocycles. The van der Waals surface area contributed by atoms with Crippen LogP contribution >= 0.6 is 0 Å². The summed E-state index contributed by atoms with van der Waals surface area (Å²) in [4.78, 5) is 15.7. The second-order valence-electron chi connectivity index (χ2n) is 6.34. The number of aromatic nitrogens is 1. The monoisotopic (exact) mass is 292 g/mol. The molecule has 0 atom stereocenters. The molecule has 0 radical (unpaired) electrons. The van der Waals surface area contributed by atoms with Crippen molar-refractivity contribution in [3.05, 3.63) is 23.4 Å². The SMILES string of the molecule is CC(C)c1cc(C(=O)O)cc(NCC2(CO)CCCC2)n1. The molecule has 5 heteroatoms. The number of nitrogens with zero attached hydrogens (tertiary/aromatic N) is 1. The van der Waals surface area contributed by atoms with Crippen LogP contribution in [0.25, 0.3) is 0 Å². The van der Waals surface area contributed by atoms with Gasteiger partial charge in [-0.1, -0.05) is 26.7 Å². The Labute approximate surface area is 125 Å². The van der Waals surface area contributed by atoms with Crippen LogP contribution in [0.1, 0.15) is 61.5 Å². The van der Waals surface area contributed by atoms with Crippen molar-refractivity contribution >= 4 is 11.8 Å². The number of aliphatic hydroxyl groups is 1. The number of aliphatic hydroxyl groups excluding tert-OH is 1. The van der Waals surface area contributed by atoms with Gasteiger partial charge in [0.05, 0.1) is 12.2 Å². The number of pyridine rings is 1. The quantitative estimate of drug-likeness (QED) is 0.751. The number of aromatic carboxylic acids is 1. The highest BCUT2D eigenvalue weighted by Gasteiger charge is 2.33. The number of hydrogen-bond donors (Lipinski definition) is 3. The number of carbonyl (C=O) groups is 1. The summed E-state index contributed by atoms with van der Waals surface area (Å²) in [7, 11) is 0. The fourth-order valence-corrected chi connectivity index (χ4v) is 2.86. The summed E-state index contributed by atoms with van der Waals surface area (Å²) in [6, 6.07) is 3.18. The predicted molar refractivity (Wildman–Crippen MR) is 81.8 cm³/mol. The molecule has 0 aromatic carbocycles. The van der Waals surface area contributed by atoms with Crippen molar-refractivity contribution in [2.24, 2.45) is 5.41 Å². The molecule has 0 saturated heterocycles. The third kappa shape index (κ3) is 3.73.